The Bertz CT molecular complexity index is 1330. The predicted octanol–water partition coefficient (Wildman–Crippen LogP) is 4.20. The maximum absolute atomic E-state index is 13.0. The van der Waals surface area contributed by atoms with Crippen molar-refractivity contribution in [3.8, 4) is 16.9 Å². The second kappa shape index (κ2) is 6.42. The third-order valence-corrected chi connectivity index (χ3v) is 6.11. The molecule has 28 heavy (non-hydrogen) atoms. The van der Waals surface area contributed by atoms with Crippen molar-refractivity contribution in [1.82, 2.24) is 13.5 Å². The molecule has 0 atom stereocenters. The van der Waals surface area contributed by atoms with E-state index in [2.05, 4.69) is 4.37 Å². The van der Waals surface area contributed by atoms with E-state index in [4.69, 9.17) is 0 Å². The molecule has 0 spiro atoms. The molecule has 0 bridgehead atoms. The molecular weight excluding hydrogens is 411 g/mol. The summed E-state index contributed by atoms with van der Waals surface area (Å²) in [6, 6.07) is 7.21. The molecule has 3 heterocycles. The molecule has 0 aliphatic heterocycles. The Balaban J connectivity index is 1.96. The molecule has 0 N–H and O–H groups in total. The Hall–Kier alpha value is -2.72. The minimum Gasteiger partial charge on any atom is -0.292 e. The van der Waals surface area contributed by atoms with Gasteiger partial charge in [0.25, 0.3) is 5.56 Å². The lowest BCUT2D eigenvalue weighted by molar-refractivity contribution is -0.144. The summed E-state index contributed by atoms with van der Waals surface area (Å²) in [5.74, 6) is 0. The van der Waals surface area contributed by atoms with Crippen LogP contribution in [0.5, 0.6) is 0 Å². The first-order valence-corrected chi connectivity index (χ1v) is 9.68. The van der Waals surface area contributed by atoms with E-state index < -0.39 is 23.1 Å². The van der Waals surface area contributed by atoms with Crippen molar-refractivity contribution in [2.24, 2.45) is 7.05 Å². The molecule has 0 aliphatic carbocycles. The van der Waals surface area contributed by atoms with Crippen LogP contribution >= 0.6 is 22.9 Å². The highest BCUT2D eigenvalue weighted by atomic mass is 32.1. The van der Waals surface area contributed by atoms with Gasteiger partial charge in [0.05, 0.1) is 16.1 Å². The van der Waals surface area contributed by atoms with Gasteiger partial charge in [-0.25, -0.2) is 9.36 Å². The number of halogens is 3. The highest BCUT2D eigenvalue weighted by Crippen LogP contribution is 2.35. The molecule has 0 unspecified atom stereocenters. The highest BCUT2D eigenvalue weighted by Gasteiger charge is 2.35. The first-order chi connectivity index (χ1) is 13.2. The Labute approximate surface area is 164 Å². The van der Waals surface area contributed by atoms with E-state index >= 15 is 0 Å². The summed E-state index contributed by atoms with van der Waals surface area (Å²) in [5.41, 5.74) is -1.52. The van der Waals surface area contributed by atoms with Gasteiger partial charge < -0.3 is 0 Å². The Morgan fingerprint density at radius 2 is 1.86 bits per heavy atom. The van der Waals surface area contributed by atoms with Gasteiger partial charge in [0.2, 0.25) is 0 Å². The van der Waals surface area contributed by atoms with Gasteiger partial charge >= 0.3 is 11.9 Å². The molecule has 0 fully saturated rings. The standard InChI is InChI=1S/C18H12F3N3O2S2/c1-9-11(5-6-27-9)16-12-7-10(3-4-13(12)28-22-16)24-15(25)8-14(18(19,20)21)23(2)17(24)26/h3-8H,1-2H3. The summed E-state index contributed by atoms with van der Waals surface area (Å²) in [6.45, 7) is 1.96. The molecule has 10 heteroatoms. The molecule has 4 aromatic rings. The molecule has 3 aromatic heterocycles. The van der Waals surface area contributed by atoms with Crippen LogP contribution in [0.2, 0.25) is 0 Å². The number of nitrogens with zero attached hydrogens (tertiary/aromatic N) is 3. The topological polar surface area (TPSA) is 56.9 Å². The SMILES string of the molecule is Cc1sccc1-c1nsc2ccc(-n3c(=O)cc(C(F)(F)F)n(C)c3=O)cc12. The van der Waals surface area contributed by atoms with Crippen LogP contribution in [-0.2, 0) is 13.2 Å². The Morgan fingerprint density at radius 3 is 2.50 bits per heavy atom. The number of hydrogen-bond donors (Lipinski definition) is 0. The molecule has 0 aliphatic rings. The average molecular weight is 423 g/mol. The molecule has 144 valence electrons. The van der Waals surface area contributed by atoms with Crippen LogP contribution in [-0.4, -0.2) is 13.5 Å². The number of rotatable bonds is 2. The average Bonchev–Trinajstić information content (AvgIpc) is 3.22. The summed E-state index contributed by atoms with van der Waals surface area (Å²) in [4.78, 5) is 25.9. The molecule has 0 radical (unpaired) electrons. The lowest BCUT2D eigenvalue weighted by Crippen LogP contribution is -2.40. The van der Waals surface area contributed by atoms with E-state index in [0.29, 0.717) is 10.6 Å². The summed E-state index contributed by atoms with van der Waals surface area (Å²) in [5, 5.41) is 2.67. The van der Waals surface area contributed by atoms with Gasteiger partial charge in [-0.05, 0) is 48.1 Å². The van der Waals surface area contributed by atoms with Gasteiger partial charge in [-0.3, -0.25) is 9.36 Å². The molecule has 0 amide bonds. The van der Waals surface area contributed by atoms with E-state index in [0.717, 1.165) is 37.8 Å². The number of benzene rings is 1. The zero-order valence-electron chi connectivity index (χ0n) is 14.6. The number of alkyl halides is 3. The predicted molar refractivity (Wildman–Crippen MR) is 104 cm³/mol. The van der Waals surface area contributed by atoms with E-state index in [9.17, 15) is 22.8 Å². The van der Waals surface area contributed by atoms with Crippen LogP contribution in [0.15, 0.2) is 45.3 Å². The van der Waals surface area contributed by atoms with Crippen molar-refractivity contribution in [3.05, 3.63) is 67.1 Å². The molecule has 0 saturated heterocycles. The Kier molecular flexibility index (Phi) is 4.27. The molecule has 4 rings (SSSR count). The second-order valence-corrected chi connectivity index (χ2v) is 8.07. The van der Waals surface area contributed by atoms with Gasteiger partial charge in [0.1, 0.15) is 5.69 Å². The number of hydrogen-bond acceptors (Lipinski definition) is 5. The summed E-state index contributed by atoms with van der Waals surface area (Å²) < 4.78 is 45.6. The van der Waals surface area contributed by atoms with Crippen LogP contribution in [0.25, 0.3) is 27.0 Å². The van der Waals surface area contributed by atoms with Crippen molar-refractivity contribution in [3.63, 3.8) is 0 Å². The first-order valence-electron chi connectivity index (χ1n) is 8.03. The van der Waals surface area contributed by atoms with Crippen molar-refractivity contribution < 1.29 is 13.2 Å². The third kappa shape index (κ3) is 2.89. The van der Waals surface area contributed by atoms with E-state index in [1.165, 1.54) is 17.6 Å². The van der Waals surface area contributed by atoms with Crippen molar-refractivity contribution in [2.75, 3.05) is 0 Å². The fourth-order valence-electron chi connectivity index (χ4n) is 3.03. The van der Waals surface area contributed by atoms with Crippen molar-refractivity contribution in [2.45, 2.75) is 13.1 Å². The van der Waals surface area contributed by atoms with Crippen LogP contribution in [0.3, 0.4) is 0 Å². The fraction of sp³-hybridized carbons (Fsp3) is 0.167. The molecule has 1 aromatic carbocycles. The van der Waals surface area contributed by atoms with Gasteiger partial charge in [-0.15, -0.1) is 11.3 Å². The monoisotopic (exact) mass is 423 g/mol. The fourth-order valence-corrected chi connectivity index (χ4v) is 4.50. The van der Waals surface area contributed by atoms with Crippen LogP contribution < -0.4 is 11.2 Å². The molecular formula is C18H12F3N3O2S2. The summed E-state index contributed by atoms with van der Waals surface area (Å²) in [7, 11) is 0.992. The molecule has 0 saturated carbocycles. The maximum Gasteiger partial charge on any atom is 0.431 e. The lowest BCUT2D eigenvalue weighted by atomic mass is 10.1. The number of fused-ring (bicyclic) bond motifs is 1. The first kappa shape index (κ1) is 18.6. The van der Waals surface area contributed by atoms with Crippen molar-refractivity contribution >= 4 is 33.0 Å². The van der Waals surface area contributed by atoms with Crippen molar-refractivity contribution in [1.29, 1.82) is 0 Å². The lowest BCUT2D eigenvalue weighted by Gasteiger charge is -2.14. The van der Waals surface area contributed by atoms with Gasteiger partial charge in [-0.1, -0.05) is 0 Å². The number of aromatic nitrogens is 3. The minimum absolute atomic E-state index is 0.196. The van der Waals surface area contributed by atoms with Gasteiger partial charge in [0.15, 0.2) is 0 Å². The van der Waals surface area contributed by atoms with Crippen LogP contribution in [0.4, 0.5) is 13.2 Å². The van der Waals surface area contributed by atoms with E-state index in [1.54, 1.807) is 23.5 Å². The van der Waals surface area contributed by atoms with Crippen LogP contribution in [0.1, 0.15) is 10.6 Å². The van der Waals surface area contributed by atoms with E-state index in [-0.39, 0.29) is 5.69 Å². The maximum atomic E-state index is 13.0. The third-order valence-electron chi connectivity index (χ3n) is 4.44. The number of aryl methyl sites for hydroxylation is 1. The number of thiophene rings is 1. The van der Waals surface area contributed by atoms with Crippen LogP contribution in [0, 0.1) is 6.92 Å². The van der Waals surface area contributed by atoms with E-state index in [1.807, 2.05) is 18.4 Å². The summed E-state index contributed by atoms with van der Waals surface area (Å²) in [6.07, 6.45) is -4.79. The zero-order valence-corrected chi connectivity index (χ0v) is 16.2. The quantitative estimate of drug-likeness (QED) is 0.486. The normalized spacial score (nSPS) is 12.0. The molecule has 5 nitrogen and oxygen atoms in total. The zero-order chi connectivity index (χ0) is 20.2. The highest BCUT2D eigenvalue weighted by molar-refractivity contribution is 7.14. The smallest absolute Gasteiger partial charge is 0.292 e. The van der Waals surface area contributed by atoms with Gasteiger partial charge in [0, 0.05) is 28.9 Å². The minimum atomic E-state index is -4.79. The van der Waals surface area contributed by atoms with Gasteiger partial charge in [-0.2, -0.15) is 17.5 Å². The summed E-state index contributed by atoms with van der Waals surface area (Å²) >= 11 is 2.85. The largest absolute Gasteiger partial charge is 0.431 e. The Morgan fingerprint density at radius 1 is 1.11 bits per heavy atom. The second-order valence-electron chi connectivity index (χ2n) is 6.14.